The Bertz CT molecular complexity index is 925. The van der Waals surface area contributed by atoms with Gasteiger partial charge in [-0.15, -0.1) is 0 Å². The zero-order valence-corrected chi connectivity index (χ0v) is 17.4. The number of aliphatic imine (C=N–C) groups is 1. The second-order valence-electron chi connectivity index (χ2n) is 5.89. The number of unbranched alkanes of at least 4 members (excludes halogenated alkanes) is 2. The van der Waals surface area contributed by atoms with Crippen LogP contribution >= 0.6 is 15.9 Å². The molecule has 0 bridgehead atoms. The van der Waals surface area contributed by atoms with Crippen LogP contribution in [0.2, 0.25) is 0 Å². The maximum absolute atomic E-state index is 13.3. The smallest absolute Gasteiger partial charge is 0.181 e. The van der Waals surface area contributed by atoms with Gasteiger partial charge in [-0.1, -0.05) is 11.6 Å². The van der Waals surface area contributed by atoms with Crippen molar-refractivity contribution in [3.8, 4) is 0 Å². The Balaban J connectivity index is 2.04. The number of hydrogen-bond donors (Lipinski definition) is 2. The summed E-state index contributed by atoms with van der Waals surface area (Å²) < 4.78 is 34.1. The Hall–Kier alpha value is -1.85. The zero-order chi connectivity index (χ0) is 19.9. The van der Waals surface area contributed by atoms with Gasteiger partial charge in [0.1, 0.15) is 11.5 Å². The number of halogens is 2. The van der Waals surface area contributed by atoms with E-state index in [9.17, 15) is 13.8 Å². The van der Waals surface area contributed by atoms with Crippen molar-refractivity contribution < 1.29 is 18.4 Å². The van der Waals surface area contributed by atoms with E-state index < -0.39 is 15.5 Å². The Morgan fingerprint density at radius 2 is 2.15 bits per heavy atom. The van der Waals surface area contributed by atoms with E-state index in [0.717, 1.165) is 19.3 Å². The molecule has 148 valence electrons. The van der Waals surface area contributed by atoms with E-state index in [0.29, 0.717) is 23.6 Å². The number of rotatable bonds is 8. The number of aromatic nitrogens is 2. The Labute approximate surface area is 165 Å². The van der Waals surface area contributed by atoms with Crippen molar-refractivity contribution in [3.63, 3.8) is 0 Å². The third-order valence-corrected chi connectivity index (χ3v) is 6.28. The molecule has 0 saturated heterocycles. The zero-order valence-electron chi connectivity index (χ0n) is 15.0. The van der Waals surface area contributed by atoms with Crippen molar-refractivity contribution >= 4 is 37.2 Å². The first-order chi connectivity index (χ1) is 12.9. The molecule has 27 heavy (non-hydrogen) atoms. The second-order valence-corrected chi connectivity index (χ2v) is 9.43. The van der Waals surface area contributed by atoms with Gasteiger partial charge in [0.25, 0.3) is 0 Å². The van der Waals surface area contributed by atoms with E-state index in [1.54, 1.807) is 13.3 Å². The second kappa shape index (κ2) is 9.90. The van der Waals surface area contributed by atoms with Crippen LogP contribution in [0.1, 0.15) is 30.7 Å². The predicted octanol–water partition coefficient (Wildman–Crippen LogP) is 3.47. The van der Waals surface area contributed by atoms with Gasteiger partial charge in [-0.05, 0) is 58.5 Å². The van der Waals surface area contributed by atoms with Crippen molar-refractivity contribution in [3.05, 3.63) is 39.9 Å². The van der Waals surface area contributed by atoms with Crippen LogP contribution in [0.15, 0.2) is 36.7 Å². The monoisotopic (exact) mass is 461 g/mol. The van der Waals surface area contributed by atoms with Crippen molar-refractivity contribution in [1.29, 1.82) is 0 Å². The van der Waals surface area contributed by atoms with Gasteiger partial charge < -0.3 is 0 Å². The Morgan fingerprint density at radius 1 is 1.37 bits per heavy atom. The highest BCUT2D eigenvalue weighted by atomic mass is 79.9. The molecule has 0 amide bonds. The summed E-state index contributed by atoms with van der Waals surface area (Å²) in [5.74, 6) is 0.187. The maximum Gasteiger partial charge on any atom is 0.181 e. The summed E-state index contributed by atoms with van der Waals surface area (Å²) in [4.78, 5) is 4.22. The number of aryl methyl sites for hydroxylation is 1. The molecule has 11 heteroatoms. The minimum atomic E-state index is -2.08. The van der Waals surface area contributed by atoms with E-state index in [1.165, 1.54) is 18.2 Å². The van der Waals surface area contributed by atoms with Crippen LogP contribution in [0.4, 0.5) is 10.1 Å². The standard InChI is InChI=1S/C16H21BrFN5O3S/c1-19-27(2,25)9-5-3-4-6-14-15(23-26-22-14)16(21-24)20-11-7-8-13(18)12(17)10-11/h7-8,10,24H,3-6,9H2,1-2H3,(H,20,21). The molecule has 1 heterocycles. The molecule has 1 atom stereocenters. The van der Waals surface area contributed by atoms with Crippen LogP contribution in [0, 0.1) is 5.82 Å². The van der Waals surface area contributed by atoms with Crippen LogP contribution in [0.5, 0.6) is 0 Å². The summed E-state index contributed by atoms with van der Waals surface area (Å²) in [6.45, 7) is 0. The van der Waals surface area contributed by atoms with E-state index in [-0.39, 0.29) is 16.0 Å². The third kappa shape index (κ3) is 6.36. The van der Waals surface area contributed by atoms with Gasteiger partial charge in [-0.3, -0.25) is 14.9 Å². The number of hydroxylamine groups is 1. The van der Waals surface area contributed by atoms with Gasteiger partial charge in [-0.25, -0.2) is 18.4 Å². The molecule has 0 fully saturated rings. The molecule has 0 spiro atoms. The Kier molecular flexibility index (Phi) is 7.87. The highest BCUT2D eigenvalue weighted by Crippen LogP contribution is 2.23. The van der Waals surface area contributed by atoms with Crippen LogP contribution in [0.25, 0.3) is 0 Å². The number of amidine groups is 1. The Morgan fingerprint density at radius 3 is 2.81 bits per heavy atom. The van der Waals surface area contributed by atoms with Crippen LogP contribution < -0.4 is 5.48 Å². The molecular weight excluding hydrogens is 441 g/mol. The average molecular weight is 462 g/mol. The summed E-state index contributed by atoms with van der Waals surface area (Å²) >= 11 is 3.09. The fourth-order valence-corrected chi connectivity index (χ4v) is 3.58. The fraction of sp³-hybridized carbons (Fsp3) is 0.438. The molecule has 0 aliphatic rings. The first-order valence-corrected chi connectivity index (χ1v) is 11.1. The lowest BCUT2D eigenvalue weighted by molar-refractivity contribution is 0.234. The first kappa shape index (κ1) is 21.5. The molecule has 0 aliphatic carbocycles. The highest BCUT2D eigenvalue weighted by Gasteiger charge is 2.16. The first-order valence-electron chi connectivity index (χ1n) is 8.20. The summed E-state index contributed by atoms with van der Waals surface area (Å²) in [5.41, 5.74) is 3.21. The molecule has 0 aliphatic heterocycles. The molecule has 8 nitrogen and oxygen atoms in total. The summed E-state index contributed by atoms with van der Waals surface area (Å²) in [6, 6.07) is 4.20. The molecule has 0 saturated carbocycles. The lowest BCUT2D eigenvalue weighted by Gasteiger charge is -2.05. The minimum absolute atomic E-state index is 0.0473. The van der Waals surface area contributed by atoms with Crippen molar-refractivity contribution in [2.45, 2.75) is 25.7 Å². The molecule has 1 aromatic carbocycles. The number of hydrogen-bond acceptors (Lipinski definition) is 7. The van der Waals surface area contributed by atoms with Crippen LogP contribution in [-0.4, -0.2) is 44.6 Å². The van der Waals surface area contributed by atoms with Gasteiger partial charge >= 0.3 is 0 Å². The molecule has 2 N–H and O–H groups in total. The minimum Gasteiger partial charge on any atom is -0.290 e. The normalized spacial score (nSPS) is 14.0. The van der Waals surface area contributed by atoms with E-state index in [1.807, 2.05) is 5.48 Å². The van der Waals surface area contributed by atoms with Gasteiger partial charge in [0, 0.05) is 28.8 Å². The summed E-state index contributed by atoms with van der Waals surface area (Å²) in [6.07, 6.45) is 4.62. The van der Waals surface area contributed by atoms with E-state index in [2.05, 4.69) is 35.6 Å². The SMILES string of the molecule is CN=S(C)(=O)CCCCCc1nonc1C(=Nc1ccc(F)c(Br)c1)NO. The fourth-order valence-electron chi connectivity index (χ4n) is 2.30. The van der Waals surface area contributed by atoms with Gasteiger partial charge in [-0.2, -0.15) is 0 Å². The van der Waals surface area contributed by atoms with Crippen LogP contribution in [-0.2, 0) is 16.1 Å². The summed E-state index contributed by atoms with van der Waals surface area (Å²) in [7, 11) is -0.517. The lowest BCUT2D eigenvalue weighted by atomic mass is 10.1. The van der Waals surface area contributed by atoms with E-state index >= 15 is 0 Å². The van der Waals surface area contributed by atoms with E-state index in [4.69, 9.17) is 4.63 Å². The largest absolute Gasteiger partial charge is 0.290 e. The van der Waals surface area contributed by atoms with Crippen molar-refractivity contribution in [2.75, 3.05) is 19.1 Å². The molecule has 0 radical (unpaired) electrons. The van der Waals surface area contributed by atoms with Crippen molar-refractivity contribution in [2.24, 2.45) is 9.36 Å². The molecule has 2 aromatic rings. The number of benzene rings is 1. The average Bonchev–Trinajstić information content (AvgIpc) is 3.10. The number of nitrogens with zero attached hydrogens (tertiary/aromatic N) is 4. The number of nitrogens with one attached hydrogen (secondary N) is 1. The predicted molar refractivity (Wildman–Crippen MR) is 104 cm³/mol. The molecule has 1 unspecified atom stereocenters. The summed E-state index contributed by atoms with van der Waals surface area (Å²) in [5, 5.41) is 17.1. The third-order valence-electron chi connectivity index (χ3n) is 3.85. The topological polar surface area (TPSA) is 113 Å². The van der Waals surface area contributed by atoms with Crippen LogP contribution in [0.3, 0.4) is 0 Å². The van der Waals surface area contributed by atoms with Crippen molar-refractivity contribution in [1.82, 2.24) is 15.8 Å². The van der Waals surface area contributed by atoms with Gasteiger partial charge in [0.15, 0.2) is 11.5 Å². The molecule has 1 aromatic heterocycles. The molecular formula is C16H21BrFN5O3S. The lowest BCUT2D eigenvalue weighted by Crippen LogP contribution is -2.22. The van der Waals surface area contributed by atoms with Gasteiger partial charge in [0.05, 0.1) is 10.2 Å². The molecule has 2 rings (SSSR count). The maximum atomic E-state index is 13.3. The quantitative estimate of drug-likeness (QED) is 0.269. The van der Waals surface area contributed by atoms with Gasteiger partial charge in [0.2, 0.25) is 0 Å². The highest BCUT2D eigenvalue weighted by molar-refractivity contribution is 9.10.